The molecule has 3 rings (SSSR count). The molecule has 0 saturated carbocycles. The standard InChI is InChI=1S/C17H12Cl2N2O3/c1-23-17(22)11-4-2-10(3-5-11)8-24-16-13-6-12(18)7-14(19)15(13)20-9-21-16/h2-7,9H,8H2,1H3. The molecule has 0 unspecified atom stereocenters. The first-order chi connectivity index (χ1) is 11.6. The molecular formula is C17H12Cl2N2O3. The van der Waals surface area contributed by atoms with E-state index in [1.54, 1.807) is 36.4 Å². The van der Waals surface area contributed by atoms with Gasteiger partial charge in [0.25, 0.3) is 0 Å². The quantitative estimate of drug-likeness (QED) is 0.647. The summed E-state index contributed by atoms with van der Waals surface area (Å²) in [5.41, 5.74) is 1.93. The minimum atomic E-state index is -0.381. The van der Waals surface area contributed by atoms with Crippen LogP contribution >= 0.6 is 23.2 Å². The molecule has 3 aromatic rings. The zero-order valence-corrected chi connectivity index (χ0v) is 14.1. The average Bonchev–Trinajstić information content (AvgIpc) is 2.59. The zero-order chi connectivity index (χ0) is 17.1. The van der Waals surface area contributed by atoms with E-state index in [1.165, 1.54) is 13.4 Å². The van der Waals surface area contributed by atoms with Crippen LogP contribution in [0.5, 0.6) is 5.88 Å². The number of methoxy groups -OCH3 is 1. The number of carbonyl (C=O) groups excluding carboxylic acids is 1. The fraction of sp³-hybridized carbons (Fsp3) is 0.118. The van der Waals surface area contributed by atoms with Crippen molar-refractivity contribution in [2.24, 2.45) is 0 Å². The maximum absolute atomic E-state index is 11.4. The van der Waals surface area contributed by atoms with Gasteiger partial charge in [0.05, 0.1) is 28.6 Å². The molecule has 0 saturated heterocycles. The van der Waals surface area contributed by atoms with Gasteiger partial charge in [-0.05, 0) is 29.8 Å². The van der Waals surface area contributed by atoms with E-state index in [1.807, 2.05) is 0 Å². The van der Waals surface area contributed by atoms with Crippen molar-refractivity contribution in [3.63, 3.8) is 0 Å². The average molecular weight is 363 g/mol. The molecule has 122 valence electrons. The van der Waals surface area contributed by atoms with E-state index in [0.717, 1.165) is 5.56 Å². The summed E-state index contributed by atoms with van der Waals surface area (Å²) in [7, 11) is 1.34. The summed E-state index contributed by atoms with van der Waals surface area (Å²) < 4.78 is 10.4. The molecule has 24 heavy (non-hydrogen) atoms. The van der Waals surface area contributed by atoms with Crippen molar-refractivity contribution < 1.29 is 14.3 Å². The molecule has 0 amide bonds. The molecule has 1 aromatic heterocycles. The highest BCUT2D eigenvalue weighted by molar-refractivity contribution is 6.38. The lowest BCUT2D eigenvalue weighted by atomic mass is 10.1. The summed E-state index contributed by atoms with van der Waals surface area (Å²) in [6, 6.07) is 10.3. The summed E-state index contributed by atoms with van der Waals surface area (Å²) in [6.45, 7) is 0.275. The fourth-order valence-corrected chi connectivity index (χ4v) is 2.73. The van der Waals surface area contributed by atoms with Crippen LogP contribution in [0.25, 0.3) is 10.9 Å². The van der Waals surface area contributed by atoms with Gasteiger partial charge in [-0.15, -0.1) is 0 Å². The van der Waals surface area contributed by atoms with Gasteiger partial charge < -0.3 is 9.47 Å². The molecule has 0 aliphatic rings. The normalized spacial score (nSPS) is 10.6. The van der Waals surface area contributed by atoms with Crippen molar-refractivity contribution in [2.75, 3.05) is 7.11 Å². The number of fused-ring (bicyclic) bond motifs is 1. The van der Waals surface area contributed by atoms with Crippen molar-refractivity contribution in [2.45, 2.75) is 6.61 Å². The van der Waals surface area contributed by atoms with E-state index >= 15 is 0 Å². The fourth-order valence-electron chi connectivity index (χ4n) is 2.19. The second kappa shape index (κ2) is 7.03. The summed E-state index contributed by atoms with van der Waals surface area (Å²) in [4.78, 5) is 19.7. The maximum Gasteiger partial charge on any atom is 0.337 e. The Labute approximate surface area is 148 Å². The topological polar surface area (TPSA) is 61.3 Å². The number of halogens is 2. The number of rotatable bonds is 4. The van der Waals surface area contributed by atoms with E-state index in [-0.39, 0.29) is 12.6 Å². The van der Waals surface area contributed by atoms with Crippen LogP contribution in [-0.2, 0) is 11.3 Å². The van der Waals surface area contributed by atoms with Crippen LogP contribution < -0.4 is 4.74 Å². The Kier molecular flexibility index (Phi) is 4.83. The van der Waals surface area contributed by atoms with Crippen LogP contribution in [0.4, 0.5) is 0 Å². The Bertz CT molecular complexity index is 898. The van der Waals surface area contributed by atoms with E-state index in [2.05, 4.69) is 14.7 Å². The van der Waals surface area contributed by atoms with Gasteiger partial charge in [0.15, 0.2) is 0 Å². The lowest BCUT2D eigenvalue weighted by molar-refractivity contribution is 0.0600. The zero-order valence-electron chi connectivity index (χ0n) is 12.6. The Morgan fingerprint density at radius 3 is 2.58 bits per heavy atom. The molecule has 0 atom stereocenters. The van der Waals surface area contributed by atoms with E-state index in [0.29, 0.717) is 32.4 Å². The smallest absolute Gasteiger partial charge is 0.337 e. The molecule has 7 heteroatoms. The highest BCUT2D eigenvalue weighted by Gasteiger charge is 2.10. The third kappa shape index (κ3) is 3.42. The van der Waals surface area contributed by atoms with E-state index in [9.17, 15) is 4.79 Å². The summed E-state index contributed by atoms with van der Waals surface area (Å²) in [5.74, 6) is 0.00925. The predicted octanol–water partition coefficient (Wildman–Crippen LogP) is 4.30. The molecule has 0 radical (unpaired) electrons. The second-order valence-corrected chi connectivity index (χ2v) is 5.78. The van der Waals surface area contributed by atoms with Crippen LogP contribution in [0.1, 0.15) is 15.9 Å². The number of nitrogens with zero attached hydrogens (tertiary/aromatic N) is 2. The molecule has 5 nitrogen and oxygen atoms in total. The molecule has 0 spiro atoms. The SMILES string of the molecule is COC(=O)c1ccc(COc2ncnc3c(Cl)cc(Cl)cc23)cc1. The molecule has 0 N–H and O–H groups in total. The van der Waals surface area contributed by atoms with Gasteiger partial charge in [-0.25, -0.2) is 14.8 Å². The van der Waals surface area contributed by atoms with E-state index in [4.69, 9.17) is 27.9 Å². The van der Waals surface area contributed by atoms with Gasteiger partial charge in [0.1, 0.15) is 12.9 Å². The molecule has 2 aromatic carbocycles. The number of hydrogen-bond donors (Lipinski definition) is 0. The lowest BCUT2D eigenvalue weighted by Crippen LogP contribution is -2.02. The minimum absolute atomic E-state index is 0.275. The predicted molar refractivity (Wildman–Crippen MR) is 91.7 cm³/mol. The van der Waals surface area contributed by atoms with Crippen LogP contribution in [-0.4, -0.2) is 23.0 Å². The van der Waals surface area contributed by atoms with Crippen LogP contribution in [0.15, 0.2) is 42.7 Å². The first-order valence-electron chi connectivity index (χ1n) is 6.98. The largest absolute Gasteiger partial charge is 0.472 e. The third-order valence-corrected chi connectivity index (χ3v) is 3.88. The van der Waals surface area contributed by atoms with Gasteiger partial charge in [0.2, 0.25) is 5.88 Å². The number of ether oxygens (including phenoxy) is 2. The first-order valence-corrected chi connectivity index (χ1v) is 7.74. The number of carbonyl (C=O) groups is 1. The van der Waals surface area contributed by atoms with Crippen molar-refractivity contribution in [3.8, 4) is 5.88 Å². The Morgan fingerprint density at radius 1 is 1.12 bits per heavy atom. The van der Waals surface area contributed by atoms with Crippen molar-refractivity contribution >= 4 is 40.1 Å². The van der Waals surface area contributed by atoms with Gasteiger partial charge in [-0.3, -0.25) is 0 Å². The third-order valence-electron chi connectivity index (χ3n) is 3.37. The summed E-state index contributed by atoms with van der Waals surface area (Å²) in [6.07, 6.45) is 1.39. The highest BCUT2D eigenvalue weighted by atomic mass is 35.5. The number of benzene rings is 2. The molecule has 1 heterocycles. The summed E-state index contributed by atoms with van der Waals surface area (Å²) >= 11 is 12.2. The van der Waals surface area contributed by atoms with Gasteiger partial charge in [-0.1, -0.05) is 35.3 Å². The Hall–Kier alpha value is -2.37. The van der Waals surface area contributed by atoms with E-state index < -0.39 is 0 Å². The summed E-state index contributed by atoms with van der Waals surface area (Å²) in [5, 5.41) is 1.56. The van der Waals surface area contributed by atoms with Gasteiger partial charge in [0, 0.05) is 5.02 Å². The number of esters is 1. The van der Waals surface area contributed by atoms with Gasteiger partial charge >= 0.3 is 5.97 Å². The van der Waals surface area contributed by atoms with Gasteiger partial charge in [-0.2, -0.15) is 0 Å². The molecule has 0 fully saturated rings. The van der Waals surface area contributed by atoms with Crippen molar-refractivity contribution in [3.05, 3.63) is 63.9 Å². The lowest BCUT2D eigenvalue weighted by Gasteiger charge is -2.09. The highest BCUT2D eigenvalue weighted by Crippen LogP contribution is 2.31. The van der Waals surface area contributed by atoms with Crippen molar-refractivity contribution in [1.82, 2.24) is 9.97 Å². The first kappa shape index (κ1) is 16.5. The molecule has 0 aliphatic heterocycles. The number of aromatic nitrogens is 2. The monoisotopic (exact) mass is 362 g/mol. The minimum Gasteiger partial charge on any atom is -0.472 e. The van der Waals surface area contributed by atoms with Crippen molar-refractivity contribution in [1.29, 1.82) is 0 Å². The molecule has 0 aliphatic carbocycles. The number of hydrogen-bond acceptors (Lipinski definition) is 5. The Balaban J connectivity index is 1.82. The van der Waals surface area contributed by atoms with Crippen LogP contribution in [0, 0.1) is 0 Å². The Morgan fingerprint density at radius 2 is 1.88 bits per heavy atom. The molecular weight excluding hydrogens is 351 g/mol. The second-order valence-electron chi connectivity index (χ2n) is 4.94. The molecule has 0 bridgehead atoms. The van der Waals surface area contributed by atoms with Crippen LogP contribution in [0.2, 0.25) is 10.0 Å². The maximum atomic E-state index is 11.4. The van der Waals surface area contributed by atoms with Crippen LogP contribution in [0.3, 0.4) is 0 Å².